The van der Waals surface area contributed by atoms with E-state index in [1.54, 1.807) is 50.0 Å². The van der Waals surface area contributed by atoms with Crippen LogP contribution in [0.25, 0.3) is 6.08 Å². The smallest absolute Gasteiger partial charge is 0.407 e. The van der Waals surface area contributed by atoms with Crippen molar-refractivity contribution in [1.29, 1.82) is 0 Å². The van der Waals surface area contributed by atoms with Crippen molar-refractivity contribution in [3.8, 4) is 0 Å². The van der Waals surface area contributed by atoms with Gasteiger partial charge in [0.1, 0.15) is 12.1 Å². The van der Waals surface area contributed by atoms with Crippen molar-refractivity contribution < 1.29 is 24.2 Å². The molecule has 4 N–H and O–H groups in total. The highest BCUT2D eigenvalue weighted by atomic mass is 32.1. The molecule has 2 aromatic heterocycles. The molecule has 4 rings (SSSR count). The fourth-order valence-electron chi connectivity index (χ4n) is 5.31. The van der Waals surface area contributed by atoms with Crippen LogP contribution in [0.1, 0.15) is 78.7 Å². The highest BCUT2D eigenvalue weighted by Crippen LogP contribution is 2.20. The lowest BCUT2D eigenvalue weighted by molar-refractivity contribution is -0.126. The van der Waals surface area contributed by atoms with Gasteiger partial charge in [-0.25, -0.2) is 14.6 Å². The quantitative estimate of drug-likeness (QED) is 0.0839. The van der Waals surface area contributed by atoms with Gasteiger partial charge in [-0.15, -0.1) is 22.7 Å². The summed E-state index contributed by atoms with van der Waals surface area (Å²) in [5.41, 5.74) is 4.17. The Kier molecular flexibility index (Phi) is 14.6. The summed E-state index contributed by atoms with van der Waals surface area (Å²) in [6.07, 6.45) is 5.88. The number of hydrogen-bond acceptors (Lipinski definition) is 9. The first-order chi connectivity index (χ1) is 24.4. The van der Waals surface area contributed by atoms with Crippen molar-refractivity contribution in [2.75, 3.05) is 7.05 Å². The van der Waals surface area contributed by atoms with E-state index in [-0.39, 0.29) is 30.6 Å². The number of thiazole rings is 2. The number of benzene rings is 2. The lowest BCUT2D eigenvalue weighted by Gasteiger charge is -2.31. The van der Waals surface area contributed by atoms with E-state index in [1.807, 2.05) is 60.0 Å². The third kappa shape index (κ3) is 12.8. The molecule has 0 radical (unpaired) electrons. The van der Waals surface area contributed by atoms with Crippen LogP contribution in [0.4, 0.5) is 9.59 Å². The average molecular weight is 733 g/mol. The highest BCUT2D eigenvalue weighted by Gasteiger charge is 2.32. The van der Waals surface area contributed by atoms with Gasteiger partial charge in [0.15, 0.2) is 0 Å². The van der Waals surface area contributed by atoms with Crippen LogP contribution in [0.3, 0.4) is 0 Å². The van der Waals surface area contributed by atoms with Gasteiger partial charge in [0.05, 0.1) is 33.9 Å². The minimum absolute atomic E-state index is 0.122. The van der Waals surface area contributed by atoms with E-state index in [9.17, 15) is 14.4 Å². The molecular formula is C38H48N6O5S2. The van der Waals surface area contributed by atoms with Crippen molar-refractivity contribution in [1.82, 2.24) is 30.8 Å². The molecule has 13 heteroatoms. The maximum Gasteiger partial charge on any atom is 0.407 e. The fraction of sp³-hybridized carbons (Fsp3) is 0.395. The summed E-state index contributed by atoms with van der Waals surface area (Å²) >= 11 is 2.98. The monoisotopic (exact) mass is 732 g/mol. The molecule has 0 saturated heterocycles. The second-order valence-electron chi connectivity index (χ2n) is 13.3. The fourth-order valence-corrected chi connectivity index (χ4v) is 6.64. The van der Waals surface area contributed by atoms with E-state index in [0.29, 0.717) is 38.1 Å². The van der Waals surface area contributed by atoms with Gasteiger partial charge in [0.2, 0.25) is 5.91 Å². The molecule has 2 aromatic carbocycles. The van der Waals surface area contributed by atoms with E-state index in [2.05, 4.69) is 39.8 Å². The van der Waals surface area contributed by atoms with Crippen molar-refractivity contribution in [3.63, 3.8) is 0 Å². The third-order valence-electron chi connectivity index (χ3n) is 8.20. The number of aliphatic hydroxyl groups is 1. The number of nitrogens with zero attached hydrogens (tertiary/aromatic N) is 3. The van der Waals surface area contributed by atoms with Crippen molar-refractivity contribution in [3.05, 3.63) is 110 Å². The van der Waals surface area contributed by atoms with Gasteiger partial charge in [-0.3, -0.25) is 9.78 Å². The number of carbonyl (C=O) groups is 3. The highest BCUT2D eigenvalue weighted by molar-refractivity contribution is 7.09. The zero-order valence-electron chi connectivity index (χ0n) is 29.8. The van der Waals surface area contributed by atoms with Crippen LogP contribution >= 0.6 is 22.7 Å². The van der Waals surface area contributed by atoms with E-state index in [4.69, 9.17) is 9.84 Å². The van der Waals surface area contributed by atoms with Crippen LogP contribution in [0.2, 0.25) is 0 Å². The first-order valence-corrected chi connectivity index (χ1v) is 18.7. The third-order valence-corrected chi connectivity index (χ3v) is 10.1. The zero-order chi connectivity index (χ0) is 36.8. The second kappa shape index (κ2) is 19.0. The maximum atomic E-state index is 13.8. The minimum Gasteiger partial charge on any atom is -0.516 e. The Labute approximate surface area is 308 Å². The number of nitrogens with one attached hydrogen (secondary N) is 3. The minimum atomic E-state index is -1.21. The molecule has 0 unspecified atom stereocenters. The van der Waals surface area contributed by atoms with Crippen LogP contribution < -0.4 is 16.0 Å². The van der Waals surface area contributed by atoms with Crippen molar-refractivity contribution in [2.24, 2.45) is 0 Å². The molecule has 51 heavy (non-hydrogen) atoms. The topological polar surface area (TPSA) is 146 Å². The summed E-state index contributed by atoms with van der Waals surface area (Å²) in [4.78, 5) is 50.9. The molecular weight excluding hydrogens is 685 g/mol. The Morgan fingerprint density at radius 1 is 0.961 bits per heavy atom. The standard InChI is InChI=1S/C38H48N6O5S2/c1-26(2)34-40-32(24-50-34)22-44(5)36(47)43-38(3,4)35(46)41-30(19-28-9-7-6-8-10-28)15-16-31(20-29-13-11-27(12-14-29)17-18-45)42-37(48)49-23-33-21-39-25-51-33/h6-14,17-18,21,24-26,30-31,45H,15-16,19-20,22-23H2,1-5H3,(H,41,46)(H,42,48)(H,43,47)/b18-17+/t30-,31-/m1/s1. The number of urea groups is 1. The molecule has 0 fully saturated rings. The number of aromatic nitrogens is 2. The SMILES string of the molecule is CC(C)c1nc(CN(C)C(=O)NC(C)(C)C(=O)N[C@H](CC[C@H](Cc2ccc(/C=C/O)cc2)NC(=O)OCc2cncs2)Cc2ccccc2)cs1. The molecule has 0 spiro atoms. The molecule has 0 aliphatic rings. The van der Waals surface area contributed by atoms with Gasteiger partial charge < -0.3 is 30.7 Å². The first-order valence-electron chi connectivity index (χ1n) is 16.9. The molecule has 0 aliphatic heterocycles. The van der Waals surface area contributed by atoms with Gasteiger partial charge in [0.25, 0.3) is 0 Å². The predicted octanol–water partition coefficient (Wildman–Crippen LogP) is 7.22. The van der Waals surface area contributed by atoms with Gasteiger partial charge in [-0.2, -0.15) is 0 Å². The van der Waals surface area contributed by atoms with Crippen molar-refractivity contribution >= 4 is 46.8 Å². The van der Waals surface area contributed by atoms with Crippen LogP contribution in [-0.4, -0.2) is 62.7 Å². The van der Waals surface area contributed by atoms with E-state index < -0.39 is 11.6 Å². The van der Waals surface area contributed by atoms with E-state index >= 15 is 0 Å². The number of carbonyl (C=O) groups excluding carboxylic acids is 3. The summed E-state index contributed by atoms with van der Waals surface area (Å²) in [6, 6.07) is 16.6. The lowest BCUT2D eigenvalue weighted by Crippen LogP contribution is -2.59. The molecule has 2 heterocycles. The Bertz CT molecular complexity index is 1710. The normalized spacial score (nSPS) is 12.7. The summed E-state index contributed by atoms with van der Waals surface area (Å²) in [6.45, 7) is 7.98. The molecule has 0 saturated carbocycles. The van der Waals surface area contributed by atoms with Gasteiger partial charge >= 0.3 is 12.1 Å². The maximum absolute atomic E-state index is 13.8. The van der Waals surface area contributed by atoms with Crippen LogP contribution in [0, 0.1) is 0 Å². The molecule has 272 valence electrons. The van der Waals surface area contributed by atoms with Gasteiger partial charge in [-0.1, -0.05) is 68.4 Å². The van der Waals surface area contributed by atoms with Crippen LogP contribution in [0.15, 0.2) is 77.9 Å². The van der Waals surface area contributed by atoms with Gasteiger partial charge in [0, 0.05) is 36.6 Å². The first kappa shape index (κ1) is 39.0. The second-order valence-corrected chi connectivity index (χ2v) is 15.2. The number of alkyl carbamates (subject to hydrolysis) is 1. The summed E-state index contributed by atoms with van der Waals surface area (Å²) in [5, 5.41) is 21.2. The Balaban J connectivity index is 1.44. The molecule has 4 amide bonds. The number of rotatable bonds is 17. The number of aliphatic hydroxyl groups excluding tert-OH is 1. The largest absolute Gasteiger partial charge is 0.516 e. The summed E-state index contributed by atoms with van der Waals surface area (Å²) in [5.74, 6) is -0.00747. The molecule has 2 atom stereocenters. The average Bonchev–Trinajstić information content (AvgIpc) is 3.80. The molecule has 0 aliphatic carbocycles. The molecule has 11 nitrogen and oxygen atoms in total. The van der Waals surface area contributed by atoms with Crippen molar-refractivity contribution in [2.45, 2.75) is 90.1 Å². The predicted molar refractivity (Wildman–Crippen MR) is 203 cm³/mol. The Hall–Kier alpha value is -4.75. The summed E-state index contributed by atoms with van der Waals surface area (Å²) in [7, 11) is 1.68. The number of hydrogen-bond donors (Lipinski definition) is 4. The van der Waals surface area contributed by atoms with Crippen LogP contribution in [-0.2, 0) is 35.5 Å². The van der Waals surface area contributed by atoms with Crippen LogP contribution in [0.5, 0.6) is 0 Å². The van der Waals surface area contributed by atoms with Gasteiger partial charge in [-0.05, 0) is 62.3 Å². The number of ether oxygens (including phenoxy) is 1. The Morgan fingerprint density at radius 3 is 2.24 bits per heavy atom. The Morgan fingerprint density at radius 2 is 1.63 bits per heavy atom. The number of amides is 4. The summed E-state index contributed by atoms with van der Waals surface area (Å²) < 4.78 is 5.49. The zero-order valence-corrected chi connectivity index (χ0v) is 31.4. The molecule has 4 aromatic rings. The van der Waals surface area contributed by atoms with E-state index in [0.717, 1.165) is 38.5 Å². The molecule has 0 bridgehead atoms. The lowest BCUT2D eigenvalue weighted by atomic mass is 9.94. The van der Waals surface area contributed by atoms with E-state index in [1.165, 1.54) is 16.2 Å².